The van der Waals surface area contributed by atoms with Crippen LogP contribution in [0.3, 0.4) is 0 Å². The van der Waals surface area contributed by atoms with Crippen LogP contribution in [-0.2, 0) is 0 Å². The Morgan fingerprint density at radius 2 is 2.29 bits per heavy atom. The molecule has 2 heterocycles. The minimum absolute atomic E-state index is 0.585. The molecule has 0 atom stereocenters. The summed E-state index contributed by atoms with van der Waals surface area (Å²) in [4.78, 5) is 4.30. The Kier molecular flexibility index (Phi) is 2.39. The second-order valence-corrected chi connectivity index (χ2v) is 3.92. The van der Waals surface area contributed by atoms with Crippen LogP contribution in [0.2, 0.25) is 0 Å². The van der Waals surface area contributed by atoms with Gasteiger partial charge in [-0.05, 0) is 28.1 Å². The average Bonchev–Trinajstić information content (AvgIpc) is 2.47. The highest BCUT2D eigenvalue weighted by atomic mass is 79.9. The lowest BCUT2D eigenvalue weighted by Crippen LogP contribution is -2.20. The number of fused-ring (bicyclic) bond motifs is 1. The fraction of sp³-hybridized carbons (Fsp3) is 0.250. The molecule has 0 fully saturated rings. The van der Waals surface area contributed by atoms with Gasteiger partial charge in [-0.2, -0.15) is 4.98 Å². The maximum Gasteiger partial charge on any atom is 0.257 e. The summed E-state index contributed by atoms with van der Waals surface area (Å²) in [5, 5.41) is 6.03. The number of anilines is 1. The first kappa shape index (κ1) is 9.42. The third-order valence-corrected chi connectivity index (χ3v) is 2.26. The molecule has 0 saturated heterocycles. The molecule has 0 aliphatic rings. The summed E-state index contributed by atoms with van der Waals surface area (Å²) >= 11 is 3.41. The lowest BCUT2D eigenvalue weighted by atomic mass is 10.5. The molecule has 0 saturated carbocycles. The van der Waals surface area contributed by atoms with Crippen LogP contribution in [0.5, 0.6) is 0 Å². The van der Waals surface area contributed by atoms with E-state index in [-0.39, 0.29) is 0 Å². The minimum atomic E-state index is 0.585. The molecule has 0 unspecified atom stereocenters. The quantitative estimate of drug-likeness (QED) is 0.824. The van der Waals surface area contributed by atoms with Crippen molar-refractivity contribution in [2.45, 2.75) is 0 Å². The number of halogens is 1. The van der Waals surface area contributed by atoms with Crippen LogP contribution in [0, 0.1) is 0 Å². The predicted molar refractivity (Wildman–Crippen MR) is 58.0 cm³/mol. The van der Waals surface area contributed by atoms with Crippen LogP contribution in [-0.4, -0.2) is 33.7 Å². The summed E-state index contributed by atoms with van der Waals surface area (Å²) in [7, 11) is 3.78. The molecule has 0 aromatic carbocycles. The summed E-state index contributed by atoms with van der Waals surface area (Å²) in [5.41, 5.74) is 3.79. The molecule has 6 heteroatoms. The SMILES string of the molecule is CN(C)Nc1nc2c(Br)cccn2n1. The third-order valence-electron chi connectivity index (χ3n) is 1.64. The number of rotatable bonds is 2. The first-order valence-electron chi connectivity index (χ1n) is 4.11. The van der Waals surface area contributed by atoms with Crippen molar-refractivity contribution in [3.05, 3.63) is 22.8 Å². The van der Waals surface area contributed by atoms with Crippen LogP contribution in [0.4, 0.5) is 5.95 Å². The van der Waals surface area contributed by atoms with E-state index in [2.05, 4.69) is 31.4 Å². The molecule has 0 spiro atoms. The van der Waals surface area contributed by atoms with Crippen molar-refractivity contribution in [2.75, 3.05) is 19.5 Å². The van der Waals surface area contributed by atoms with E-state index < -0.39 is 0 Å². The highest BCUT2D eigenvalue weighted by molar-refractivity contribution is 9.10. The van der Waals surface area contributed by atoms with Gasteiger partial charge in [0, 0.05) is 20.3 Å². The normalized spacial score (nSPS) is 11.1. The third kappa shape index (κ3) is 1.71. The molecular weight excluding hydrogens is 246 g/mol. The van der Waals surface area contributed by atoms with Gasteiger partial charge in [-0.25, -0.2) is 9.52 Å². The second kappa shape index (κ2) is 3.55. The van der Waals surface area contributed by atoms with E-state index in [0.29, 0.717) is 5.95 Å². The Labute approximate surface area is 89.8 Å². The average molecular weight is 256 g/mol. The lowest BCUT2D eigenvalue weighted by molar-refractivity contribution is 0.489. The summed E-state index contributed by atoms with van der Waals surface area (Å²) in [6.45, 7) is 0. The zero-order valence-corrected chi connectivity index (χ0v) is 9.48. The van der Waals surface area contributed by atoms with E-state index in [9.17, 15) is 0 Å². The Bertz CT molecular complexity index is 450. The van der Waals surface area contributed by atoms with Crippen molar-refractivity contribution >= 4 is 27.5 Å². The number of pyridine rings is 1. The van der Waals surface area contributed by atoms with Gasteiger partial charge < -0.3 is 0 Å². The molecule has 1 N–H and O–H groups in total. The van der Waals surface area contributed by atoms with Gasteiger partial charge in [0.1, 0.15) is 0 Å². The molecule has 0 radical (unpaired) electrons. The van der Waals surface area contributed by atoms with E-state index >= 15 is 0 Å². The van der Waals surface area contributed by atoms with Crippen LogP contribution in [0.25, 0.3) is 5.65 Å². The maximum atomic E-state index is 4.30. The number of nitrogens with one attached hydrogen (secondary N) is 1. The zero-order valence-electron chi connectivity index (χ0n) is 7.90. The Morgan fingerprint density at radius 1 is 1.50 bits per heavy atom. The summed E-state index contributed by atoms with van der Waals surface area (Å²) in [5.74, 6) is 0.585. The van der Waals surface area contributed by atoms with E-state index in [1.165, 1.54) is 0 Å². The number of hydrogen-bond donors (Lipinski definition) is 1. The highest BCUT2D eigenvalue weighted by Gasteiger charge is 2.05. The van der Waals surface area contributed by atoms with Crippen LogP contribution in [0.15, 0.2) is 22.8 Å². The van der Waals surface area contributed by atoms with Gasteiger partial charge in [0.25, 0.3) is 5.95 Å². The smallest absolute Gasteiger partial charge is 0.257 e. The van der Waals surface area contributed by atoms with E-state index in [0.717, 1.165) is 10.1 Å². The second-order valence-electron chi connectivity index (χ2n) is 3.07. The molecule has 0 aliphatic carbocycles. The minimum Gasteiger partial charge on any atom is -0.286 e. The lowest BCUT2D eigenvalue weighted by Gasteiger charge is -2.07. The van der Waals surface area contributed by atoms with E-state index in [4.69, 9.17) is 0 Å². The van der Waals surface area contributed by atoms with Gasteiger partial charge in [-0.1, -0.05) is 0 Å². The van der Waals surface area contributed by atoms with Gasteiger partial charge >= 0.3 is 0 Å². The van der Waals surface area contributed by atoms with Crippen LogP contribution >= 0.6 is 15.9 Å². The predicted octanol–water partition coefficient (Wildman–Crippen LogP) is 1.38. The number of hydrogen-bond acceptors (Lipinski definition) is 4. The first-order chi connectivity index (χ1) is 6.66. The molecule has 5 nitrogen and oxygen atoms in total. The standard InChI is InChI=1S/C8H10BrN5/c1-13(2)11-8-10-7-6(9)4-3-5-14(7)12-8/h3-5H,1-2H3,(H,11,12). The molecule has 0 bridgehead atoms. The van der Waals surface area contributed by atoms with Gasteiger partial charge in [-0.15, -0.1) is 5.10 Å². The molecule has 0 amide bonds. The van der Waals surface area contributed by atoms with Crippen molar-refractivity contribution in [1.29, 1.82) is 0 Å². The largest absolute Gasteiger partial charge is 0.286 e. The number of hydrazine groups is 1. The highest BCUT2D eigenvalue weighted by Crippen LogP contribution is 2.16. The fourth-order valence-corrected chi connectivity index (χ4v) is 1.54. The molecule has 14 heavy (non-hydrogen) atoms. The van der Waals surface area contributed by atoms with Crippen LogP contribution < -0.4 is 5.43 Å². The Morgan fingerprint density at radius 3 is 2.93 bits per heavy atom. The van der Waals surface area contributed by atoms with E-state index in [1.807, 2.05) is 32.4 Å². The van der Waals surface area contributed by atoms with Crippen molar-refractivity contribution in [2.24, 2.45) is 0 Å². The number of nitrogens with zero attached hydrogens (tertiary/aromatic N) is 4. The summed E-state index contributed by atoms with van der Waals surface area (Å²) < 4.78 is 2.65. The molecule has 2 aromatic rings. The molecule has 74 valence electrons. The monoisotopic (exact) mass is 255 g/mol. The van der Waals surface area contributed by atoms with Crippen molar-refractivity contribution < 1.29 is 0 Å². The van der Waals surface area contributed by atoms with E-state index in [1.54, 1.807) is 9.52 Å². The Hall–Kier alpha value is -1.14. The van der Waals surface area contributed by atoms with Gasteiger partial charge in [0.2, 0.25) is 0 Å². The zero-order chi connectivity index (χ0) is 10.1. The molecule has 2 rings (SSSR count). The Balaban J connectivity index is 2.46. The molecule has 0 aliphatic heterocycles. The van der Waals surface area contributed by atoms with Crippen molar-refractivity contribution in [3.63, 3.8) is 0 Å². The van der Waals surface area contributed by atoms with Gasteiger partial charge in [0.05, 0.1) is 4.47 Å². The van der Waals surface area contributed by atoms with Crippen molar-refractivity contribution in [3.8, 4) is 0 Å². The summed E-state index contributed by atoms with van der Waals surface area (Å²) in [6, 6.07) is 3.84. The van der Waals surface area contributed by atoms with Gasteiger partial charge in [0.15, 0.2) is 5.65 Å². The maximum absolute atomic E-state index is 4.30. The fourth-order valence-electron chi connectivity index (χ4n) is 1.12. The molecular formula is C8H10BrN5. The number of aromatic nitrogens is 3. The van der Waals surface area contributed by atoms with Crippen LogP contribution in [0.1, 0.15) is 0 Å². The topological polar surface area (TPSA) is 45.5 Å². The van der Waals surface area contributed by atoms with Crippen molar-refractivity contribution in [1.82, 2.24) is 19.6 Å². The van der Waals surface area contributed by atoms with Gasteiger partial charge in [-0.3, -0.25) is 5.43 Å². The molecule has 2 aromatic heterocycles. The summed E-state index contributed by atoms with van der Waals surface area (Å²) in [6.07, 6.45) is 1.86. The first-order valence-corrected chi connectivity index (χ1v) is 4.91.